The maximum Gasteiger partial charge on any atom is 0.251 e. The van der Waals surface area contributed by atoms with E-state index < -0.39 is 0 Å². The highest BCUT2D eigenvalue weighted by molar-refractivity contribution is 5.95. The molecule has 0 fully saturated rings. The van der Waals surface area contributed by atoms with Crippen molar-refractivity contribution in [3.8, 4) is 23.0 Å². The molecule has 212 valence electrons. The van der Waals surface area contributed by atoms with Crippen molar-refractivity contribution in [1.82, 2.24) is 14.9 Å². The highest BCUT2D eigenvalue weighted by Gasteiger charge is 2.17. The smallest absolute Gasteiger partial charge is 0.251 e. The van der Waals surface area contributed by atoms with Crippen molar-refractivity contribution in [2.24, 2.45) is 0 Å². The molecule has 40 heavy (non-hydrogen) atoms. The summed E-state index contributed by atoms with van der Waals surface area (Å²) in [5.74, 6) is 3.18. The second kappa shape index (κ2) is 13.7. The Kier molecular flexibility index (Phi) is 9.89. The fourth-order valence-corrected chi connectivity index (χ4v) is 4.87. The Morgan fingerprint density at radius 2 is 1.62 bits per heavy atom. The van der Waals surface area contributed by atoms with Gasteiger partial charge in [-0.1, -0.05) is 36.2 Å². The zero-order chi connectivity index (χ0) is 28.5. The Bertz CT molecular complexity index is 1420. The lowest BCUT2D eigenvalue weighted by molar-refractivity contribution is 0.0952. The van der Waals surface area contributed by atoms with Gasteiger partial charge in [-0.3, -0.25) is 4.79 Å². The van der Waals surface area contributed by atoms with Crippen LogP contribution < -0.4 is 24.3 Å². The van der Waals surface area contributed by atoms with Crippen LogP contribution in [0.1, 0.15) is 46.6 Å². The number of imidazole rings is 1. The van der Waals surface area contributed by atoms with Gasteiger partial charge < -0.3 is 28.8 Å². The third-order valence-corrected chi connectivity index (χ3v) is 6.93. The third-order valence-electron chi connectivity index (χ3n) is 6.93. The molecule has 1 aromatic heterocycles. The van der Waals surface area contributed by atoms with Crippen LogP contribution in [-0.4, -0.2) is 49.9 Å². The summed E-state index contributed by atoms with van der Waals surface area (Å²) in [5.41, 5.74) is 4.97. The molecule has 0 unspecified atom stereocenters. The van der Waals surface area contributed by atoms with E-state index >= 15 is 0 Å². The van der Waals surface area contributed by atoms with Crippen LogP contribution in [0, 0.1) is 13.8 Å². The molecule has 0 spiro atoms. The normalized spacial score (nSPS) is 10.9. The molecule has 1 heterocycles. The number of ether oxygens (including phenoxy) is 4. The predicted molar refractivity (Wildman–Crippen MR) is 157 cm³/mol. The number of unbranched alkanes of at least 4 members (excludes halogenated alkanes) is 2. The minimum atomic E-state index is -0.176. The lowest BCUT2D eigenvalue weighted by Crippen LogP contribution is -2.24. The van der Waals surface area contributed by atoms with Crippen LogP contribution in [0.4, 0.5) is 0 Å². The van der Waals surface area contributed by atoms with Gasteiger partial charge in [-0.05, 0) is 62.6 Å². The summed E-state index contributed by atoms with van der Waals surface area (Å²) in [6.07, 6.45) is 3.67. The molecular formula is C32H39N3O5. The van der Waals surface area contributed by atoms with Crippen LogP contribution in [0.5, 0.6) is 23.0 Å². The lowest BCUT2D eigenvalue weighted by Gasteiger charge is -2.14. The average molecular weight is 546 g/mol. The zero-order valence-electron chi connectivity index (χ0n) is 24.1. The summed E-state index contributed by atoms with van der Waals surface area (Å²) >= 11 is 0. The minimum absolute atomic E-state index is 0.176. The molecule has 8 heteroatoms. The molecule has 4 rings (SSSR count). The molecule has 0 atom stereocenters. The number of aromatic nitrogens is 2. The van der Waals surface area contributed by atoms with Gasteiger partial charge in [-0.2, -0.15) is 0 Å². The Hall–Kier alpha value is -4.20. The first-order valence-electron chi connectivity index (χ1n) is 13.7. The molecule has 0 aliphatic heterocycles. The van der Waals surface area contributed by atoms with Crippen molar-refractivity contribution in [1.29, 1.82) is 0 Å². The van der Waals surface area contributed by atoms with Crippen molar-refractivity contribution in [3.05, 3.63) is 77.1 Å². The largest absolute Gasteiger partial charge is 0.493 e. The lowest BCUT2D eigenvalue weighted by atomic mass is 10.1. The number of hydrogen-bond acceptors (Lipinski definition) is 6. The average Bonchev–Trinajstić information content (AvgIpc) is 3.32. The molecule has 0 aliphatic carbocycles. The molecule has 1 amide bonds. The van der Waals surface area contributed by atoms with Gasteiger partial charge in [0.1, 0.15) is 18.2 Å². The standard InChI is InChI=1S/C32H39N3O5/c1-22-14-15-27(23(2)19-22)40-18-17-35-26-12-9-8-11-25(26)34-30(35)13-7-6-10-16-33-32(36)24-20-28(37-3)31(39-5)29(21-24)38-4/h8-9,11-12,14-15,19-21H,6-7,10,13,16-18H2,1-5H3,(H,33,36). The number of carbonyl (C=O) groups excluding carboxylic acids is 1. The van der Waals surface area contributed by atoms with Crippen LogP contribution in [0.3, 0.4) is 0 Å². The van der Waals surface area contributed by atoms with E-state index in [2.05, 4.69) is 48.0 Å². The van der Waals surface area contributed by atoms with Crippen molar-refractivity contribution >= 4 is 16.9 Å². The SMILES string of the molecule is COc1cc(C(=O)NCCCCCc2nc3ccccc3n2CCOc2ccc(C)cc2C)cc(OC)c1OC. The van der Waals surface area contributed by atoms with Gasteiger partial charge in [0, 0.05) is 18.5 Å². The Morgan fingerprint density at radius 3 is 2.33 bits per heavy atom. The highest BCUT2D eigenvalue weighted by Crippen LogP contribution is 2.38. The molecule has 0 saturated heterocycles. The number of methoxy groups -OCH3 is 3. The number of para-hydroxylation sites is 2. The molecule has 0 aliphatic rings. The third kappa shape index (κ3) is 6.86. The molecule has 4 aromatic rings. The van der Waals surface area contributed by atoms with Gasteiger partial charge in [-0.15, -0.1) is 0 Å². The number of aryl methyl sites for hydroxylation is 3. The fraction of sp³-hybridized carbons (Fsp3) is 0.375. The quantitative estimate of drug-likeness (QED) is 0.199. The molecule has 0 radical (unpaired) electrons. The number of nitrogens with one attached hydrogen (secondary N) is 1. The molecule has 8 nitrogen and oxygen atoms in total. The Labute approximate surface area is 236 Å². The number of rotatable bonds is 14. The minimum Gasteiger partial charge on any atom is -0.493 e. The second-order valence-corrected chi connectivity index (χ2v) is 9.77. The van der Waals surface area contributed by atoms with Crippen LogP contribution in [-0.2, 0) is 13.0 Å². The summed E-state index contributed by atoms with van der Waals surface area (Å²) < 4.78 is 24.4. The van der Waals surface area contributed by atoms with E-state index in [4.69, 9.17) is 23.9 Å². The van der Waals surface area contributed by atoms with Gasteiger partial charge in [0.2, 0.25) is 5.75 Å². The number of fused-ring (bicyclic) bond motifs is 1. The number of nitrogens with zero attached hydrogens (tertiary/aromatic N) is 2. The summed E-state index contributed by atoms with van der Waals surface area (Å²) in [6, 6.07) is 17.8. The summed E-state index contributed by atoms with van der Waals surface area (Å²) in [6.45, 7) is 6.05. The second-order valence-electron chi connectivity index (χ2n) is 9.77. The van der Waals surface area contributed by atoms with E-state index in [1.165, 1.54) is 26.9 Å². The van der Waals surface area contributed by atoms with E-state index in [0.29, 0.717) is 36.0 Å². The Balaban J connectivity index is 1.29. The fourth-order valence-electron chi connectivity index (χ4n) is 4.87. The van der Waals surface area contributed by atoms with Crippen molar-refractivity contribution in [2.75, 3.05) is 34.5 Å². The molecular weight excluding hydrogens is 506 g/mol. The van der Waals surface area contributed by atoms with Crippen LogP contribution in [0.2, 0.25) is 0 Å². The van der Waals surface area contributed by atoms with E-state index in [1.54, 1.807) is 12.1 Å². The maximum atomic E-state index is 12.7. The number of benzene rings is 3. The van der Waals surface area contributed by atoms with Gasteiger partial charge in [0.15, 0.2) is 11.5 Å². The molecule has 0 saturated carbocycles. The summed E-state index contributed by atoms with van der Waals surface area (Å²) in [7, 11) is 4.60. The van der Waals surface area contributed by atoms with Crippen LogP contribution in [0.15, 0.2) is 54.6 Å². The molecule has 0 bridgehead atoms. The van der Waals surface area contributed by atoms with Crippen molar-refractivity contribution in [3.63, 3.8) is 0 Å². The van der Waals surface area contributed by atoms with Crippen LogP contribution >= 0.6 is 0 Å². The summed E-state index contributed by atoms with van der Waals surface area (Å²) in [5, 5.41) is 2.99. The predicted octanol–water partition coefficient (Wildman–Crippen LogP) is 5.90. The number of carbonyl (C=O) groups is 1. The van der Waals surface area contributed by atoms with Gasteiger partial charge >= 0.3 is 0 Å². The van der Waals surface area contributed by atoms with E-state index in [-0.39, 0.29) is 5.91 Å². The molecule has 1 N–H and O–H groups in total. The van der Waals surface area contributed by atoms with Gasteiger partial charge in [0.05, 0.1) is 38.9 Å². The van der Waals surface area contributed by atoms with Crippen molar-refractivity contribution in [2.45, 2.75) is 46.1 Å². The van der Waals surface area contributed by atoms with Crippen LogP contribution in [0.25, 0.3) is 11.0 Å². The first kappa shape index (κ1) is 28.8. The molecule has 3 aromatic carbocycles. The number of hydrogen-bond donors (Lipinski definition) is 1. The van der Waals surface area contributed by atoms with E-state index in [0.717, 1.165) is 60.4 Å². The number of amides is 1. The highest BCUT2D eigenvalue weighted by atomic mass is 16.5. The topological polar surface area (TPSA) is 83.8 Å². The summed E-state index contributed by atoms with van der Waals surface area (Å²) in [4.78, 5) is 17.6. The van der Waals surface area contributed by atoms with Gasteiger partial charge in [-0.25, -0.2) is 4.98 Å². The van der Waals surface area contributed by atoms with E-state index in [9.17, 15) is 4.79 Å². The first-order valence-corrected chi connectivity index (χ1v) is 13.7. The monoisotopic (exact) mass is 545 g/mol. The van der Waals surface area contributed by atoms with E-state index in [1.807, 2.05) is 18.2 Å². The maximum absolute atomic E-state index is 12.7. The Morgan fingerprint density at radius 1 is 0.875 bits per heavy atom. The van der Waals surface area contributed by atoms with Gasteiger partial charge in [0.25, 0.3) is 5.91 Å². The first-order chi connectivity index (χ1) is 19.4. The zero-order valence-corrected chi connectivity index (χ0v) is 24.1. The van der Waals surface area contributed by atoms with Crippen molar-refractivity contribution < 1.29 is 23.7 Å².